The molecule has 192 valence electrons. The Morgan fingerprint density at radius 2 is 1.97 bits per heavy atom. The molecule has 2 saturated heterocycles. The third kappa shape index (κ3) is 6.79. The Hall–Kier alpha value is -2.05. The fourth-order valence-corrected chi connectivity index (χ4v) is 5.33. The number of aromatic nitrogens is 1. The summed E-state index contributed by atoms with van der Waals surface area (Å²) in [5.74, 6) is 0.925. The number of ether oxygens (including phenoxy) is 2. The van der Waals surface area contributed by atoms with Crippen molar-refractivity contribution in [2.24, 2.45) is 17.3 Å². The zero-order chi connectivity index (χ0) is 25.9. The van der Waals surface area contributed by atoms with Crippen molar-refractivity contribution in [3.63, 3.8) is 0 Å². The highest BCUT2D eigenvalue weighted by molar-refractivity contribution is 7.10. The molecule has 0 amide bonds. The predicted octanol–water partition coefficient (Wildman–Crippen LogP) is 3.76. The number of nitrogens with zero attached hydrogens (tertiary/aromatic N) is 1. The SMILES string of the molecule is C#Cc1nc(C=C(C)[C@H]2C[C@@H]3O[C@H]3CCC[C@@H](C)[C@@H](O)[C@H](C)C(=O)C(C)(C)[C@H](O)CC(=O)O2)cs1. The average molecular weight is 504 g/mol. The normalized spacial score (nSPS) is 35.0. The van der Waals surface area contributed by atoms with Crippen LogP contribution in [0.25, 0.3) is 6.08 Å². The summed E-state index contributed by atoms with van der Waals surface area (Å²) in [5.41, 5.74) is 0.288. The van der Waals surface area contributed by atoms with Crippen LogP contribution in [0.3, 0.4) is 0 Å². The van der Waals surface area contributed by atoms with Crippen LogP contribution < -0.4 is 0 Å². The summed E-state index contributed by atoms with van der Waals surface area (Å²) in [7, 11) is 0. The summed E-state index contributed by atoms with van der Waals surface area (Å²) in [6, 6.07) is 0. The van der Waals surface area contributed by atoms with Crippen molar-refractivity contribution >= 4 is 29.2 Å². The maximum atomic E-state index is 13.2. The van der Waals surface area contributed by atoms with E-state index in [1.807, 2.05) is 25.3 Å². The highest BCUT2D eigenvalue weighted by atomic mass is 32.1. The molecule has 35 heavy (non-hydrogen) atoms. The first-order chi connectivity index (χ1) is 16.4. The molecule has 0 radical (unpaired) electrons. The number of carbonyl (C=O) groups is 2. The highest BCUT2D eigenvalue weighted by Crippen LogP contribution is 2.36. The van der Waals surface area contributed by atoms with E-state index < -0.39 is 35.6 Å². The lowest BCUT2D eigenvalue weighted by atomic mass is 9.73. The average Bonchev–Trinajstić information content (AvgIpc) is 3.38. The van der Waals surface area contributed by atoms with Crippen molar-refractivity contribution in [2.75, 3.05) is 0 Å². The van der Waals surface area contributed by atoms with Gasteiger partial charge in [0.15, 0.2) is 5.01 Å². The van der Waals surface area contributed by atoms with Gasteiger partial charge in [0, 0.05) is 17.7 Å². The van der Waals surface area contributed by atoms with Gasteiger partial charge in [-0.25, -0.2) is 4.98 Å². The lowest BCUT2D eigenvalue weighted by Crippen LogP contribution is -2.45. The van der Waals surface area contributed by atoms with Crippen LogP contribution >= 0.6 is 11.3 Å². The molecule has 8 heteroatoms. The molecule has 0 saturated carbocycles. The number of terminal acetylenes is 1. The lowest BCUT2D eigenvalue weighted by Gasteiger charge is -2.34. The van der Waals surface area contributed by atoms with Gasteiger partial charge in [-0.1, -0.05) is 34.1 Å². The summed E-state index contributed by atoms with van der Waals surface area (Å²) in [6.07, 6.45) is 7.36. The van der Waals surface area contributed by atoms with E-state index in [1.54, 1.807) is 20.8 Å². The molecule has 0 spiro atoms. The van der Waals surface area contributed by atoms with Crippen LogP contribution in [0.2, 0.25) is 0 Å². The van der Waals surface area contributed by atoms with Crippen LogP contribution in [-0.2, 0) is 19.1 Å². The van der Waals surface area contributed by atoms with Gasteiger partial charge < -0.3 is 19.7 Å². The third-order valence-corrected chi connectivity index (χ3v) is 8.21. The van der Waals surface area contributed by atoms with Crippen molar-refractivity contribution in [3.8, 4) is 12.3 Å². The fourth-order valence-electron chi connectivity index (χ4n) is 4.75. The maximum absolute atomic E-state index is 13.2. The van der Waals surface area contributed by atoms with E-state index in [1.165, 1.54) is 11.3 Å². The van der Waals surface area contributed by atoms with Gasteiger partial charge in [-0.05, 0) is 43.3 Å². The smallest absolute Gasteiger partial charge is 0.309 e. The monoisotopic (exact) mass is 503 g/mol. The molecule has 3 heterocycles. The van der Waals surface area contributed by atoms with E-state index in [4.69, 9.17) is 15.9 Å². The standard InChI is InChI=1S/C27H37NO6S/c1-7-23-28-18(14-35-23)11-16(3)20-12-21-19(33-21)10-8-9-15(2)25(31)17(4)26(32)27(5,6)22(29)13-24(30)34-20/h1,11,14-15,17,19-22,25,29,31H,8-10,12-13H2,2-6H3/t15-,17+,19+,20-,21+,22-,25-/m1/s1. The molecule has 0 unspecified atom stereocenters. The molecule has 7 nitrogen and oxygen atoms in total. The number of thiazole rings is 1. The van der Waals surface area contributed by atoms with Crippen molar-refractivity contribution in [1.82, 2.24) is 4.98 Å². The predicted molar refractivity (Wildman–Crippen MR) is 134 cm³/mol. The molecule has 2 aliphatic rings. The quantitative estimate of drug-likeness (QED) is 0.359. The van der Waals surface area contributed by atoms with Crippen LogP contribution in [0.1, 0.15) is 77.4 Å². The topological polar surface area (TPSA) is 109 Å². The Labute approximate surface area is 211 Å². The number of hydrogen-bond acceptors (Lipinski definition) is 8. The molecule has 3 rings (SSSR count). The molecule has 1 aromatic heterocycles. The van der Waals surface area contributed by atoms with Gasteiger partial charge in [0.1, 0.15) is 11.9 Å². The minimum absolute atomic E-state index is 0.0251. The number of rotatable bonds is 2. The number of hydrogen-bond donors (Lipinski definition) is 2. The Morgan fingerprint density at radius 3 is 2.63 bits per heavy atom. The minimum Gasteiger partial charge on any atom is -0.458 e. The first-order valence-corrected chi connectivity index (χ1v) is 13.2. The van der Waals surface area contributed by atoms with Gasteiger partial charge in [0.2, 0.25) is 0 Å². The molecule has 2 N–H and O–H groups in total. The van der Waals surface area contributed by atoms with E-state index in [-0.39, 0.29) is 30.3 Å². The highest BCUT2D eigenvalue weighted by Gasteiger charge is 2.44. The molecule has 7 atom stereocenters. The van der Waals surface area contributed by atoms with Crippen molar-refractivity contribution < 1.29 is 29.3 Å². The van der Waals surface area contributed by atoms with Gasteiger partial charge in [-0.15, -0.1) is 17.8 Å². The molecule has 0 bridgehead atoms. The first kappa shape index (κ1) is 27.5. The van der Waals surface area contributed by atoms with E-state index in [0.717, 1.165) is 24.8 Å². The zero-order valence-electron chi connectivity index (χ0n) is 21.2. The second kappa shape index (κ2) is 11.3. The van der Waals surface area contributed by atoms with Crippen LogP contribution in [0.4, 0.5) is 0 Å². The Kier molecular flexibility index (Phi) is 8.92. The third-order valence-electron chi connectivity index (χ3n) is 7.42. The van der Waals surface area contributed by atoms with Gasteiger partial charge in [-0.3, -0.25) is 9.59 Å². The van der Waals surface area contributed by atoms with E-state index in [2.05, 4.69) is 10.9 Å². The van der Waals surface area contributed by atoms with Gasteiger partial charge >= 0.3 is 5.97 Å². The molecular weight excluding hydrogens is 466 g/mol. The van der Waals surface area contributed by atoms with Crippen LogP contribution in [0, 0.1) is 29.6 Å². The summed E-state index contributed by atoms with van der Waals surface area (Å²) in [4.78, 5) is 30.4. The summed E-state index contributed by atoms with van der Waals surface area (Å²) in [6.45, 7) is 8.73. The Morgan fingerprint density at radius 1 is 1.26 bits per heavy atom. The molecule has 2 aliphatic heterocycles. The van der Waals surface area contributed by atoms with Crippen LogP contribution in [-0.4, -0.2) is 57.5 Å². The second-order valence-electron chi connectivity index (χ2n) is 10.5. The second-order valence-corrected chi connectivity index (χ2v) is 11.4. The van der Waals surface area contributed by atoms with Crippen LogP contribution in [0.15, 0.2) is 11.0 Å². The maximum Gasteiger partial charge on any atom is 0.309 e. The minimum atomic E-state index is -1.24. The lowest BCUT2D eigenvalue weighted by molar-refractivity contribution is -0.154. The van der Waals surface area contributed by atoms with Crippen molar-refractivity contribution in [3.05, 3.63) is 21.7 Å². The van der Waals surface area contributed by atoms with Gasteiger partial charge in [0.05, 0.1) is 41.9 Å². The van der Waals surface area contributed by atoms with Crippen molar-refractivity contribution in [1.29, 1.82) is 0 Å². The number of ketones is 1. The number of Topliss-reactive ketones (excluding diaryl/α,β-unsaturated/α-hetero) is 1. The van der Waals surface area contributed by atoms with E-state index >= 15 is 0 Å². The number of aliphatic hydroxyl groups is 2. The zero-order valence-corrected chi connectivity index (χ0v) is 22.0. The summed E-state index contributed by atoms with van der Waals surface area (Å²) in [5, 5.41) is 24.0. The number of esters is 1. The Balaban J connectivity index is 1.82. The molecule has 0 aliphatic carbocycles. The Bertz CT molecular complexity index is 992. The number of carbonyl (C=O) groups excluding carboxylic acids is 2. The number of aliphatic hydroxyl groups excluding tert-OH is 2. The summed E-state index contributed by atoms with van der Waals surface area (Å²) >= 11 is 1.37. The number of epoxide rings is 1. The number of cyclic esters (lactones) is 1. The van der Waals surface area contributed by atoms with E-state index in [0.29, 0.717) is 17.1 Å². The van der Waals surface area contributed by atoms with Gasteiger partial charge in [0.25, 0.3) is 0 Å². The summed E-state index contributed by atoms with van der Waals surface area (Å²) < 4.78 is 11.7. The van der Waals surface area contributed by atoms with Crippen LogP contribution in [0.5, 0.6) is 0 Å². The largest absolute Gasteiger partial charge is 0.458 e. The van der Waals surface area contributed by atoms with E-state index in [9.17, 15) is 19.8 Å². The molecule has 0 aromatic carbocycles. The fraction of sp³-hybridized carbons (Fsp3) is 0.667. The van der Waals surface area contributed by atoms with Gasteiger partial charge in [-0.2, -0.15) is 0 Å². The molecular formula is C27H37NO6S. The first-order valence-electron chi connectivity index (χ1n) is 12.3. The number of fused-ring (bicyclic) bond motifs is 1. The van der Waals surface area contributed by atoms with Crippen molar-refractivity contribution in [2.45, 2.75) is 97.2 Å². The molecule has 1 aromatic rings. The molecule has 2 fully saturated rings.